The van der Waals surface area contributed by atoms with E-state index in [9.17, 15) is 0 Å². The van der Waals surface area contributed by atoms with Crippen LogP contribution in [-0.4, -0.2) is 38.1 Å². The fraction of sp³-hybridized carbons (Fsp3) is 1.00. The fourth-order valence-electron chi connectivity index (χ4n) is 2.62. The Balaban J connectivity index is 2.55. The monoisotopic (exact) mass is 198 g/mol. The van der Waals surface area contributed by atoms with Crippen molar-refractivity contribution in [1.29, 1.82) is 0 Å². The van der Waals surface area contributed by atoms with Crippen LogP contribution in [0.25, 0.3) is 0 Å². The molecule has 2 heteroatoms. The Labute approximate surface area is 89.1 Å². The highest BCUT2D eigenvalue weighted by Gasteiger charge is 2.36. The molecule has 1 heterocycles. The van der Waals surface area contributed by atoms with Crippen LogP contribution in [0.3, 0.4) is 0 Å². The third-order valence-corrected chi connectivity index (χ3v) is 4.05. The van der Waals surface area contributed by atoms with Crippen LogP contribution in [0.15, 0.2) is 0 Å². The Morgan fingerprint density at radius 2 is 1.86 bits per heavy atom. The molecule has 84 valence electrons. The molecule has 0 aromatic rings. The van der Waals surface area contributed by atoms with Gasteiger partial charge in [-0.05, 0) is 50.9 Å². The van der Waals surface area contributed by atoms with Crippen LogP contribution in [0.1, 0.15) is 33.6 Å². The largest absolute Gasteiger partial charge is 0.319 e. The average Bonchev–Trinajstić information content (AvgIpc) is 2.19. The van der Waals surface area contributed by atoms with E-state index in [1.54, 1.807) is 0 Å². The molecule has 0 spiro atoms. The third-order valence-electron chi connectivity index (χ3n) is 4.05. The maximum atomic E-state index is 3.37. The van der Waals surface area contributed by atoms with Gasteiger partial charge in [-0.1, -0.05) is 20.8 Å². The van der Waals surface area contributed by atoms with Gasteiger partial charge >= 0.3 is 0 Å². The molecule has 0 radical (unpaired) electrons. The van der Waals surface area contributed by atoms with Crippen LogP contribution < -0.4 is 5.32 Å². The van der Waals surface area contributed by atoms with E-state index in [1.807, 2.05) is 0 Å². The number of nitrogens with one attached hydrogen (secondary N) is 1. The quantitative estimate of drug-likeness (QED) is 0.743. The van der Waals surface area contributed by atoms with Crippen LogP contribution in [-0.2, 0) is 0 Å². The number of rotatable bonds is 4. The first-order chi connectivity index (χ1) is 6.64. The SMILES string of the molecule is CCN1CCC(CNC)(C(C)C)CC1. The van der Waals surface area contributed by atoms with Gasteiger partial charge in [-0.2, -0.15) is 0 Å². The smallest absolute Gasteiger partial charge is 0.000821 e. The van der Waals surface area contributed by atoms with Crippen molar-refractivity contribution in [1.82, 2.24) is 10.2 Å². The number of likely N-dealkylation sites (tertiary alicyclic amines) is 1. The minimum Gasteiger partial charge on any atom is -0.319 e. The summed E-state index contributed by atoms with van der Waals surface area (Å²) in [4.78, 5) is 2.57. The molecule has 0 aromatic carbocycles. The zero-order valence-corrected chi connectivity index (χ0v) is 10.3. The Morgan fingerprint density at radius 1 is 1.29 bits per heavy atom. The highest BCUT2D eigenvalue weighted by atomic mass is 15.1. The summed E-state index contributed by atoms with van der Waals surface area (Å²) in [7, 11) is 2.08. The molecule has 1 aliphatic heterocycles. The van der Waals surface area contributed by atoms with Crippen molar-refractivity contribution in [3.63, 3.8) is 0 Å². The van der Waals surface area contributed by atoms with Gasteiger partial charge in [0.05, 0.1) is 0 Å². The second kappa shape index (κ2) is 5.13. The molecule has 0 bridgehead atoms. The van der Waals surface area contributed by atoms with E-state index in [0.29, 0.717) is 5.41 Å². The lowest BCUT2D eigenvalue weighted by atomic mass is 9.70. The third kappa shape index (κ3) is 2.48. The first-order valence-corrected chi connectivity index (χ1v) is 6.01. The topological polar surface area (TPSA) is 15.3 Å². The maximum Gasteiger partial charge on any atom is 0.000821 e. The van der Waals surface area contributed by atoms with Gasteiger partial charge < -0.3 is 10.2 Å². The van der Waals surface area contributed by atoms with Gasteiger partial charge in [-0.15, -0.1) is 0 Å². The van der Waals surface area contributed by atoms with Crippen molar-refractivity contribution in [2.75, 3.05) is 33.2 Å². The molecule has 1 rings (SSSR count). The van der Waals surface area contributed by atoms with Crippen molar-refractivity contribution in [2.24, 2.45) is 11.3 Å². The molecule has 0 aliphatic carbocycles. The molecule has 0 saturated carbocycles. The minimum atomic E-state index is 0.556. The predicted molar refractivity (Wildman–Crippen MR) is 62.5 cm³/mol. The summed E-state index contributed by atoms with van der Waals surface area (Å²) >= 11 is 0. The van der Waals surface area contributed by atoms with Crippen LogP contribution in [0, 0.1) is 11.3 Å². The first kappa shape index (κ1) is 12.0. The van der Waals surface area contributed by atoms with Crippen molar-refractivity contribution in [3.05, 3.63) is 0 Å². The zero-order valence-electron chi connectivity index (χ0n) is 10.3. The van der Waals surface area contributed by atoms with E-state index < -0.39 is 0 Å². The Bertz CT molecular complexity index is 158. The molecule has 0 atom stereocenters. The van der Waals surface area contributed by atoms with E-state index in [2.05, 4.69) is 38.0 Å². The van der Waals surface area contributed by atoms with E-state index in [1.165, 1.54) is 39.0 Å². The second-order valence-electron chi connectivity index (χ2n) is 4.98. The van der Waals surface area contributed by atoms with Gasteiger partial charge in [-0.3, -0.25) is 0 Å². The highest BCUT2D eigenvalue weighted by molar-refractivity contribution is 4.89. The van der Waals surface area contributed by atoms with Crippen LogP contribution in [0.4, 0.5) is 0 Å². The molecular formula is C12H26N2. The molecule has 1 N–H and O–H groups in total. The van der Waals surface area contributed by atoms with Crippen molar-refractivity contribution < 1.29 is 0 Å². The van der Waals surface area contributed by atoms with Gasteiger partial charge in [0.2, 0.25) is 0 Å². The number of piperidine rings is 1. The number of hydrogen-bond acceptors (Lipinski definition) is 2. The van der Waals surface area contributed by atoms with Crippen molar-refractivity contribution in [2.45, 2.75) is 33.6 Å². The lowest BCUT2D eigenvalue weighted by Gasteiger charge is -2.44. The summed E-state index contributed by atoms with van der Waals surface area (Å²) in [6, 6.07) is 0. The van der Waals surface area contributed by atoms with Crippen LogP contribution in [0.2, 0.25) is 0 Å². The Kier molecular flexibility index (Phi) is 4.39. The van der Waals surface area contributed by atoms with Crippen LogP contribution >= 0.6 is 0 Å². The minimum absolute atomic E-state index is 0.556. The molecule has 2 nitrogen and oxygen atoms in total. The van der Waals surface area contributed by atoms with Gasteiger partial charge in [0.1, 0.15) is 0 Å². The normalized spacial score (nSPS) is 22.9. The Morgan fingerprint density at radius 3 is 2.21 bits per heavy atom. The van der Waals surface area contributed by atoms with E-state index in [-0.39, 0.29) is 0 Å². The summed E-state index contributed by atoms with van der Waals surface area (Å²) in [5, 5.41) is 3.37. The molecule has 0 amide bonds. The number of hydrogen-bond donors (Lipinski definition) is 1. The van der Waals surface area contributed by atoms with Crippen molar-refractivity contribution in [3.8, 4) is 0 Å². The molecular weight excluding hydrogens is 172 g/mol. The molecule has 1 fully saturated rings. The maximum absolute atomic E-state index is 3.37. The summed E-state index contributed by atoms with van der Waals surface area (Å²) < 4.78 is 0. The molecule has 1 saturated heterocycles. The zero-order chi connectivity index (χ0) is 10.6. The van der Waals surface area contributed by atoms with Crippen molar-refractivity contribution >= 4 is 0 Å². The standard InChI is InChI=1S/C12H26N2/c1-5-14-8-6-12(7-9-14,10-13-4)11(2)3/h11,13H,5-10H2,1-4H3. The van der Waals surface area contributed by atoms with Crippen LogP contribution in [0.5, 0.6) is 0 Å². The van der Waals surface area contributed by atoms with Gasteiger partial charge in [0.15, 0.2) is 0 Å². The first-order valence-electron chi connectivity index (χ1n) is 6.01. The molecule has 1 aliphatic rings. The summed E-state index contributed by atoms with van der Waals surface area (Å²) in [6.45, 7) is 12.0. The van der Waals surface area contributed by atoms with Gasteiger partial charge in [0.25, 0.3) is 0 Å². The van der Waals surface area contributed by atoms with E-state index in [4.69, 9.17) is 0 Å². The summed E-state index contributed by atoms with van der Waals surface area (Å²) in [5.41, 5.74) is 0.556. The lowest BCUT2D eigenvalue weighted by molar-refractivity contribution is 0.0655. The number of nitrogens with zero attached hydrogens (tertiary/aromatic N) is 1. The lowest BCUT2D eigenvalue weighted by Crippen LogP contribution is -2.47. The molecule has 0 unspecified atom stereocenters. The average molecular weight is 198 g/mol. The molecule has 14 heavy (non-hydrogen) atoms. The predicted octanol–water partition coefficient (Wildman–Crippen LogP) is 1.96. The molecule has 0 aromatic heterocycles. The Hall–Kier alpha value is -0.0800. The summed E-state index contributed by atoms with van der Waals surface area (Å²) in [5.74, 6) is 0.800. The highest BCUT2D eigenvalue weighted by Crippen LogP contribution is 2.37. The fourth-order valence-corrected chi connectivity index (χ4v) is 2.62. The van der Waals surface area contributed by atoms with Gasteiger partial charge in [-0.25, -0.2) is 0 Å². The van der Waals surface area contributed by atoms with E-state index in [0.717, 1.165) is 5.92 Å². The summed E-state index contributed by atoms with van der Waals surface area (Å²) in [6.07, 6.45) is 2.72. The van der Waals surface area contributed by atoms with E-state index >= 15 is 0 Å². The van der Waals surface area contributed by atoms with Gasteiger partial charge in [0, 0.05) is 6.54 Å². The second-order valence-corrected chi connectivity index (χ2v) is 4.98.